The van der Waals surface area contributed by atoms with Crippen molar-refractivity contribution in [3.63, 3.8) is 0 Å². The predicted octanol–water partition coefficient (Wildman–Crippen LogP) is 0.910. The number of hydrogen-bond donors (Lipinski definition) is 1. The van der Waals surface area contributed by atoms with Crippen molar-refractivity contribution in [1.82, 2.24) is 9.80 Å². The Hall–Kier alpha value is -0.160. The van der Waals surface area contributed by atoms with Gasteiger partial charge in [-0.3, -0.25) is 4.90 Å². The molecule has 0 spiro atoms. The van der Waals surface area contributed by atoms with Crippen molar-refractivity contribution in [2.45, 2.75) is 44.2 Å². The zero-order valence-corrected chi connectivity index (χ0v) is 12.3. The summed E-state index contributed by atoms with van der Waals surface area (Å²) in [6, 6.07) is 0. The summed E-state index contributed by atoms with van der Waals surface area (Å²) in [7, 11) is 0. The Morgan fingerprint density at radius 3 is 2.58 bits per heavy atom. The SMILES string of the molecule is CCOC1CCCN(C2(CN)CN3CCC2CC3)C1. The first kappa shape index (κ1) is 13.8. The molecule has 0 radical (unpaired) electrons. The summed E-state index contributed by atoms with van der Waals surface area (Å²) in [5.41, 5.74) is 6.51. The Morgan fingerprint density at radius 2 is 2.00 bits per heavy atom. The van der Waals surface area contributed by atoms with Crippen LogP contribution in [0.25, 0.3) is 0 Å². The second-order valence-corrected chi connectivity index (χ2v) is 6.52. The molecule has 2 atom stereocenters. The molecular weight excluding hydrogens is 238 g/mol. The Balaban J connectivity index is 1.74. The molecule has 4 saturated heterocycles. The first-order chi connectivity index (χ1) is 9.28. The predicted molar refractivity (Wildman–Crippen MR) is 77.2 cm³/mol. The van der Waals surface area contributed by atoms with E-state index in [2.05, 4.69) is 16.7 Å². The number of piperidine rings is 4. The molecule has 4 rings (SSSR count). The van der Waals surface area contributed by atoms with Gasteiger partial charge in [0.1, 0.15) is 0 Å². The van der Waals surface area contributed by atoms with E-state index >= 15 is 0 Å². The lowest BCUT2D eigenvalue weighted by Crippen LogP contribution is -2.71. The normalized spacial score (nSPS) is 43.6. The fourth-order valence-electron chi connectivity index (χ4n) is 4.58. The number of nitrogens with two attached hydrogens (primary N) is 1. The third-order valence-corrected chi connectivity index (χ3v) is 5.61. The van der Waals surface area contributed by atoms with Crippen LogP contribution in [0, 0.1) is 5.92 Å². The van der Waals surface area contributed by atoms with Crippen LogP contribution in [-0.2, 0) is 4.74 Å². The molecule has 2 bridgehead atoms. The van der Waals surface area contributed by atoms with Crippen molar-refractivity contribution in [3.05, 3.63) is 0 Å². The largest absolute Gasteiger partial charge is 0.377 e. The molecule has 4 heterocycles. The fraction of sp³-hybridized carbons (Fsp3) is 1.00. The van der Waals surface area contributed by atoms with Gasteiger partial charge in [-0.05, 0) is 58.2 Å². The van der Waals surface area contributed by atoms with Crippen LogP contribution < -0.4 is 5.73 Å². The lowest BCUT2D eigenvalue weighted by atomic mass is 9.71. The highest BCUT2D eigenvalue weighted by Gasteiger charge is 2.50. The van der Waals surface area contributed by atoms with Crippen LogP contribution in [0.3, 0.4) is 0 Å². The molecule has 4 aliphatic heterocycles. The molecule has 4 fully saturated rings. The van der Waals surface area contributed by atoms with Gasteiger partial charge in [-0.1, -0.05) is 0 Å². The third kappa shape index (κ3) is 2.44. The van der Waals surface area contributed by atoms with Crippen LogP contribution in [0.2, 0.25) is 0 Å². The van der Waals surface area contributed by atoms with E-state index in [0.29, 0.717) is 6.10 Å². The fourth-order valence-corrected chi connectivity index (χ4v) is 4.58. The van der Waals surface area contributed by atoms with Crippen molar-refractivity contribution < 1.29 is 4.74 Å². The average molecular weight is 267 g/mol. The minimum Gasteiger partial charge on any atom is -0.377 e. The smallest absolute Gasteiger partial charge is 0.0702 e. The molecule has 4 nitrogen and oxygen atoms in total. The van der Waals surface area contributed by atoms with Gasteiger partial charge in [0.2, 0.25) is 0 Å². The highest BCUT2D eigenvalue weighted by molar-refractivity contribution is 5.07. The van der Waals surface area contributed by atoms with Crippen LogP contribution in [0.1, 0.15) is 32.6 Å². The van der Waals surface area contributed by atoms with Crippen LogP contribution >= 0.6 is 0 Å². The number of nitrogens with zero attached hydrogens (tertiary/aromatic N) is 2. The van der Waals surface area contributed by atoms with Crippen molar-refractivity contribution in [2.24, 2.45) is 11.7 Å². The van der Waals surface area contributed by atoms with E-state index in [0.717, 1.165) is 25.6 Å². The van der Waals surface area contributed by atoms with E-state index in [1.807, 2.05) is 0 Å². The van der Waals surface area contributed by atoms with E-state index in [4.69, 9.17) is 10.5 Å². The molecule has 0 aromatic carbocycles. The maximum atomic E-state index is 6.27. The highest BCUT2D eigenvalue weighted by atomic mass is 16.5. The molecule has 0 aliphatic carbocycles. The Kier molecular flexibility index (Phi) is 4.13. The lowest BCUT2D eigenvalue weighted by molar-refractivity contribution is -0.102. The zero-order chi connectivity index (χ0) is 13.3. The van der Waals surface area contributed by atoms with Crippen molar-refractivity contribution in [3.8, 4) is 0 Å². The maximum absolute atomic E-state index is 6.27. The summed E-state index contributed by atoms with van der Waals surface area (Å²) in [5, 5.41) is 0. The summed E-state index contributed by atoms with van der Waals surface area (Å²) >= 11 is 0. The van der Waals surface area contributed by atoms with Gasteiger partial charge in [0.15, 0.2) is 0 Å². The van der Waals surface area contributed by atoms with E-state index in [1.165, 1.54) is 51.9 Å². The van der Waals surface area contributed by atoms with Gasteiger partial charge in [-0.25, -0.2) is 0 Å². The third-order valence-electron chi connectivity index (χ3n) is 5.61. The minimum absolute atomic E-state index is 0.242. The van der Waals surface area contributed by atoms with Gasteiger partial charge in [0.05, 0.1) is 6.10 Å². The second-order valence-electron chi connectivity index (χ2n) is 6.52. The summed E-state index contributed by atoms with van der Waals surface area (Å²) in [6.07, 6.45) is 5.59. The standard InChI is InChI=1S/C15H29N3O/c1-2-19-14-4-3-7-18(10-14)15(11-16)12-17-8-5-13(15)6-9-17/h13-14H,2-12,16H2,1H3. The lowest BCUT2D eigenvalue weighted by Gasteiger charge is -2.59. The van der Waals surface area contributed by atoms with Crippen LogP contribution in [0.4, 0.5) is 0 Å². The van der Waals surface area contributed by atoms with Crippen molar-refractivity contribution in [2.75, 3.05) is 45.9 Å². The van der Waals surface area contributed by atoms with E-state index < -0.39 is 0 Å². The van der Waals surface area contributed by atoms with Gasteiger partial charge in [0.25, 0.3) is 0 Å². The molecule has 2 unspecified atom stereocenters. The number of rotatable bonds is 4. The number of ether oxygens (including phenoxy) is 1. The maximum Gasteiger partial charge on any atom is 0.0702 e. The number of hydrogen-bond acceptors (Lipinski definition) is 4. The molecule has 0 amide bonds. The van der Waals surface area contributed by atoms with E-state index in [9.17, 15) is 0 Å². The minimum atomic E-state index is 0.242. The quantitative estimate of drug-likeness (QED) is 0.822. The summed E-state index contributed by atoms with van der Waals surface area (Å²) in [6.45, 7) is 9.82. The van der Waals surface area contributed by atoms with Crippen LogP contribution in [0.15, 0.2) is 0 Å². The molecule has 2 N–H and O–H groups in total. The van der Waals surface area contributed by atoms with E-state index in [1.54, 1.807) is 0 Å². The topological polar surface area (TPSA) is 41.7 Å². The molecular formula is C15H29N3O. The molecule has 0 saturated carbocycles. The molecule has 4 heteroatoms. The zero-order valence-electron chi connectivity index (χ0n) is 12.3. The van der Waals surface area contributed by atoms with Gasteiger partial charge in [-0.2, -0.15) is 0 Å². The summed E-state index contributed by atoms with van der Waals surface area (Å²) in [4.78, 5) is 5.31. The number of fused-ring (bicyclic) bond motifs is 3. The van der Waals surface area contributed by atoms with Gasteiger partial charge >= 0.3 is 0 Å². The first-order valence-electron chi connectivity index (χ1n) is 8.07. The Labute approximate surface area is 117 Å². The summed E-state index contributed by atoms with van der Waals surface area (Å²) < 4.78 is 5.88. The van der Waals surface area contributed by atoms with Gasteiger partial charge in [0, 0.05) is 31.8 Å². The number of likely N-dealkylation sites (tertiary alicyclic amines) is 1. The summed E-state index contributed by atoms with van der Waals surface area (Å²) in [5.74, 6) is 0.808. The Morgan fingerprint density at radius 1 is 1.21 bits per heavy atom. The molecule has 4 aliphatic rings. The molecule has 110 valence electrons. The average Bonchev–Trinajstić information content (AvgIpc) is 2.49. The monoisotopic (exact) mass is 267 g/mol. The van der Waals surface area contributed by atoms with E-state index in [-0.39, 0.29) is 5.54 Å². The second kappa shape index (κ2) is 5.68. The van der Waals surface area contributed by atoms with Crippen LogP contribution in [-0.4, -0.2) is 67.3 Å². The van der Waals surface area contributed by atoms with Crippen molar-refractivity contribution in [1.29, 1.82) is 0 Å². The molecule has 0 aromatic heterocycles. The first-order valence-corrected chi connectivity index (χ1v) is 8.07. The molecule has 0 aromatic rings. The van der Waals surface area contributed by atoms with Gasteiger partial charge < -0.3 is 15.4 Å². The molecule has 19 heavy (non-hydrogen) atoms. The Bertz CT molecular complexity index is 302. The highest BCUT2D eigenvalue weighted by Crippen LogP contribution is 2.40. The van der Waals surface area contributed by atoms with Crippen LogP contribution in [0.5, 0.6) is 0 Å². The van der Waals surface area contributed by atoms with Gasteiger partial charge in [-0.15, -0.1) is 0 Å². The van der Waals surface area contributed by atoms with Crippen molar-refractivity contribution >= 4 is 0 Å².